The van der Waals surface area contributed by atoms with Gasteiger partial charge in [-0.05, 0) is 51.4 Å². The molecule has 0 aliphatic rings. The summed E-state index contributed by atoms with van der Waals surface area (Å²) in [7, 11) is 0. The summed E-state index contributed by atoms with van der Waals surface area (Å²) >= 11 is 0. The number of aryl methyl sites for hydroxylation is 4. The van der Waals surface area contributed by atoms with Crippen molar-refractivity contribution in [2.24, 2.45) is 0 Å². The van der Waals surface area contributed by atoms with Crippen molar-refractivity contribution in [3.8, 4) is 0 Å². The Hall–Kier alpha value is -6.36. The van der Waals surface area contributed by atoms with Crippen LogP contribution in [0.5, 0.6) is 0 Å². The number of aromatic nitrogens is 8. The molecule has 24 heteroatoms. The predicted octanol–water partition coefficient (Wildman–Crippen LogP) is 19.1. The number of H-pyrrole nitrogens is 4. The first kappa shape index (κ1) is 92.0. The minimum Gasteiger partial charge on any atom is -0.356 e. The number of unbranched alkanes of at least 4 members (excludes halogenated alkanes) is 44. The van der Waals surface area contributed by atoms with E-state index in [2.05, 4.69) is 90.7 Å². The van der Waals surface area contributed by atoms with Crippen LogP contribution in [-0.2, 0) is 26.2 Å². The van der Waals surface area contributed by atoms with Crippen molar-refractivity contribution in [2.75, 3.05) is 0 Å². The molecule has 0 fully saturated rings. The van der Waals surface area contributed by atoms with Gasteiger partial charge in [0.25, 0.3) is 0 Å². The largest absolute Gasteiger partial charge is 0.356 e. The van der Waals surface area contributed by atoms with Gasteiger partial charge in [-0.2, -0.15) is 0 Å². The molecule has 0 aromatic carbocycles. The van der Waals surface area contributed by atoms with E-state index in [1.807, 2.05) is 50.1 Å². The first-order valence-electron chi connectivity index (χ1n) is 36.0. The molecule has 0 atom stereocenters. The summed E-state index contributed by atoms with van der Waals surface area (Å²) in [4.78, 5) is 45.3. The second-order valence-electron chi connectivity index (χ2n) is 23.8. The third-order valence-electron chi connectivity index (χ3n) is 15.5. The van der Waals surface area contributed by atoms with Crippen molar-refractivity contribution < 1.29 is 38.6 Å². The van der Waals surface area contributed by atoms with E-state index in [9.17, 15) is 0 Å². The molecular weight excluding hydrogens is 1180 g/mol. The second-order valence-corrected chi connectivity index (χ2v) is 23.8. The molecule has 0 aliphatic carbocycles. The second kappa shape index (κ2) is 80.7. The van der Waals surface area contributed by atoms with Crippen LogP contribution in [0.3, 0.4) is 0 Å². The Labute approximate surface area is 554 Å². The van der Waals surface area contributed by atoms with E-state index in [0.29, 0.717) is 0 Å². The normalized spacial score (nSPS) is 10.1. The summed E-state index contributed by atoms with van der Waals surface area (Å²) in [5, 5.41) is 59.0. The molecule has 536 valence electrons. The molecule has 0 aliphatic heterocycles. The minimum absolute atomic E-state index is 1.17. The van der Waals surface area contributed by atoms with E-state index < -0.39 is 20.3 Å². The molecular formula is C68H132N12O12. The fourth-order valence-electron chi connectivity index (χ4n) is 10.4. The third-order valence-corrected chi connectivity index (χ3v) is 15.5. The quantitative estimate of drug-likeness (QED) is 0.0139. The summed E-state index contributed by atoms with van der Waals surface area (Å²) in [5.74, 6) is 0. The number of aromatic amines is 4. The number of hydrogen-bond donors (Lipinski definition) is 4. The minimum atomic E-state index is -1.75. The maximum absolute atomic E-state index is 8.25. The van der Waals surface area contributed by atoms with Crippen LogP contribution in [0.15, 0.2) is 74.9 Å². The van der Waals surface area contributed by atoms with Crippen LogP contribution in [0.1, 0.15) is 336 Å². The van der Waals surface area contributed by atoms with Crippen LogP contribution in [0, 0.1) is 61.3 Å². The molecule has 4 N–H and O–H groups in total. The van der Waals surface area contributed by atoms with Gasteiger partial charge in [-0.15, -0.1) is 0 Å². The van der Waals surface area contributed by atoms with Crippen molar-refractivity contribution in [3.05, 3.63) is 136 Å². The SMILES string of the molecule is CCCCCCCCCCCCCC[n+]1cc[nH]c1.CCCCCCCCCCCCCC[n+]1cc[nH]c1.CCCCCCCCCCCCCC[n+]1cc[nH]c1.CCCCCCCCCCCCCC[n+]1cc[nH]c1.O=[N+]([O-])[O-].O=[N+]([O-])[O-].O=[N+]([O-])[O-].O=[N+]([O-])[O-]. The van der Waals surface area contributed by atoms with Gasteiger partial charge in [0, 0.05) is 0 Å². The van der Waals surface area contributed by atoms with Crippen molar-refractivity contribution in [2.45, 2.75) is 362 Å². The van der Waals surface area contributed by atoms with Crippen molar-refractivity contribution in [3.63, 3.8) is 0 Å². The molecule has 0 saturated heterocycles. The lowest BCUT2D eigenvalue weighted by atomic mass is 10.1. The lowest BCUT2D eigenvalue weighted by Gasteiger charge is -2.02. The zero-order valence-electron chi connectivity index (χ0n) is 58.2. The molecule has 4 heterocycles. The smallest absolute Gasteiger partial charge is 0.241 e. The van der Waals surface area contributed by atoms with Crippen molar-refractivity contribution in [1.82, 2.24) is 19.9 Å². The van der Waals surface area contributed by atoms with E-state index in [1.54, 1.807) is 0 Å². The number of nitrogens with one attached hydrogen (secondary N) is 4. The average molecular weight is 1310 g/mol. The zero-order chi connectivity index (χ0) is 68.7. The van der Waals surface area contributed by atoms with Gasteiger partial charge in [0.2, 0.25) is 25.3 Å². The van der Waals surface area contributed by atoms with Gasteiger partial charge >= 0.3 is 0 Å². The van der Waals surface area contributed by atoms with E-state index in [-0.39, 0.29) is 0 Å². The maximum Gasteiger partial charge on any atom is 0.241 e. The first-order chi connectivity index (χ1) is 44.7. The summed E-state index contributed by atoms with van der Waals surface area (Å²) in [5.41, 5.74) is 0. The highest BCUT2D eigenvalue weighted by atomic mass is 16.9. The highest BCUT2D eigenvalue weighted by Gasteiger charge is 2.02. The van der Waals surface area contributed by atoms with Gasteiger partial charge in [-0.1, -0.05) is 285 Å². The summed E-state index contributed by atoms with van der Waals surface area (Å²) in [6.45, 7) is 13.8. The van der Waals surface area contributed by atoms with Crippen LogP contribution in [0.2, 0.25) is 0 Å². The third kappa shape index (κ3) is 94.8. The van der Waals surface area contributed by atoms with Crippen LogP contribution < -0.4 is 18.3 Å². The molecule has 0 spiro atoms. The van der Waals surface area contributed by atoms with E-state index >= 15 is 0 Å². The maximum atomic E-state index is 8.25. The summed E-state index contributed by atoms with van der Waals surface area (Å²) in [6.07, 6.45) is 92.9. The molecule has 4 rings (SSSR count). The Bertz CT molecular complexity index is 1690. The Morgan fingerprint density at radius 3 is 0.424 bits per heavy atom. The molecule has 4 aromatic heterocycles. The number of hydrogen-bond acceptors (Lipinski definition) is 12. The lowest BCUT2D eigenvalue weighted by molar-refractivity contribution is -0.696. The summed E-state index contributed by atoms with van der Waals surface area (Å²) in [6, 6.07) is 0. The molecule has 0 radical (unpaired) electrons. The fraction of sp³-hybridized carbons (Fsp3) is 0.824. The molecule has 4 aromatic rings. The highest BCUT2D eigenvalue weighted by molar-refractivity contribution is 4.59. The Kier molecular flexibility index (Phi) is 80.8. The number of imidazole rings is 4. The predicted molar refractivity (Wildman–Crippen MR) is 370 cm³/mol. The topological polar surface area (TPSA) is 343 Å². The van der Waals surface area contributed by atoms with Crippen LogP contribution in [-0.4, -0.2) is 40.3 Å². The molecule has 0 bridgehead atoms. The molecule has 0 amide bonds. The monoisotopic (exact) mass is 1310 g/mol. The van der Waals surface area contributed by atoms with Gasteiger partial charge in [0.15, 0.2) is 0 Å². The van der Waals surface area contributed by atoms with Crippen molar-refractivity contribution >= 4 is 0 Å². The molecule has 24 nitrogen and oxygen atoms in total. The number of rotatable bonds is 52. The summed E-state index contributed by atoms with van der Waals surface area (Å²) < 4.78 is 8.93. The van der Waals surface area contributed by atoms with E-state index in [0.717, 1.165) is 0 Å². The van der Waals surface area contributed by atoms with Crippen LogP contribution in [0.25, 0.3) is 0 Å². The standard InChI is InChI=1S/4C17H32N2.4NO3/c4*1-2-3-4-5-6-7-8-9-10-11-12-13-15-19-16-14-18-17-19;4*2-1(3)4/h4*14,16-17H,2-13,15H2,1H3;;;;/q;;;;4*-1/p+4. The van der Waals surface area contributed by atoms with Gasteiger partial charge < -0.3 is 61.3 Å². The van der Waals surface area contributed by atoms with E-state index in [1.165, 1.54) is 334 Å². The van der Waals surface area contributed by atoms with Gasteiger partial charge in [0.1, 0.15) is 49.6 Å². The molecule has 0 unspecified atom stereocenters. The van der Waals surface area contributed by atoms with Gasteiger partial charge in [-0.25, -0.2) is 18.3 Å². The van der Waals surface area contributed by atoms with Crippen LogP contribution in [0.4, 0.5) is 0 Å². The molecule has 92 heavy (non-hydrogen) atoms. The number of nitrogens with zero attached hydrogens (tertiary/aromatic N) is 8. The zero-order valence-corrected chi connectivity index (χ0v) is 58.2. The van der Waals surface area contributed by atoms with Crippen molar-refractivity contribution in [1.29, 1.82) is 0 Å². The Morgan fingerprint density at radius 2 is 0.326 bits per heavy atom. The van der Waals surface area contributed by atoms with E-state index in [4.69, 9.17) is 61.3 Å². The van der Waals surface area contributed by atoms with Crippen LogP contribution >= 0.6 is 0 Å². The average Bonchev–Trinajstić information content (AvgIpc) is 4.59. The lowest BCUT2D eigenvalue weighted by Crippen LogP contribution is -2.30. The van der Waals surface area contributed by atoms with Gasteiger partial charge in [-0.3, -0.25) is 19.9 Å². The molecule has 0 saturated carbocycles. The fourth-order valence-corrected chi connectivity index (χ4v) is 10.4. The first-order valence-corrected chi connectivity index (χ1v) is 36.0. The Morgan fingerprint density at radius 1 is 0.217 bits per heavy atom. The highest BCUT2D eigenvalue weighted by Crippen LogP contribution is 2.16. The van der Waals surface area contributed by atoms with Gasteiger partial charge in [0.05, 0.1) is 46.5 Å². The Balaban J connectivity index is -0.000000518.